The summed E-state index contributed by atoms with van der Waals surface area (Å²) in [7, 11) is -3.67. The first kappa shape index (κ1) is 17.3. The number of carboxylic acids is 1. The van der Waals surface area contributed by atoms with Gasteiger partial charge in [-0.25, -0.2) is 13.2 Å². The van der Waals surface area contributed by atoms with Gasteiger partial charge in [-0.2, -0.15) is 13.2 Å². The maximum Gasteiger partial charge on any atom is 0.425 e. The van der Waals surface area contributed by atoms with Crippen LogP contribution >= 0.6 is 0 Å². The number of aromatic carboxylic acids is 1. The summed E-state index contributed by atoms with van der Waals surface area (Å²) in [5.74, 6) is -2.37. The molecule has 0 unspecified atom stereocenters. The van der Waals surface area contributed by atoms with Gasteiger partial charge in [0.05, 0.1) is 10.6 Å². The third kappa shape index (κ3) is 4.10. The average Bonchev–Trinajstić information content (AvgIpc) is 2.37. The molecule has 118 valence electrons. The molecule has 1 atom stereocenters. The van der Waals surface area contributed by atoms with Crippen molar-refractivity contribution >= 4 is 15.8 Å². The second-order valence-corrected chi connectivity index (χ2v) is 6.45. The molecule has 9 heteroatoms. The van der Waals surface area contributed by atoms with Crippen molar-refractivity contribution in [3.8, 4) is 5.75 Å². The van der Waals surface area contributed by atoms with Crippen LogP contribution in [-0.2, 0) is 9.84 Å². The average molecular weight is 326 g/mol. The van der Waals surface area contributed by atoms with E-state index in [9.17, 15) is 26.4 Å². The van der Waals surface area contributed by atoms with Crippen LogP contribution in [0.2, 0.25) is 0 Å². The first-order valence-electron chi connectivity index (χ1n) is 5.82. The van der Waals surface area contributed by atoms with E-state index in [2.05, 4.69) is 4.74 Å². The maximum absolute atomic E-state index is 12.4. The Kier molecular flexibility index (Phi) is 4.87. The molecule has 0 fully saturated rings. The topological polar surface area (TPSA) is 80.7 Å². The molecule has 1 N–H and O–H groups in total. The van der Waals surface area contributed by atoms with Crippen LogP contribution < -0.4 is 4.74 Å². The van der Waals surface area contributed by atoms with Crippen molar-refractivity contribution in [2.45, 2.75) is 31.0 Å². The molecule has 0 aliphatic heterocycles. The highest BCUT2D eigenvalue weighted by Gasteiger charge is 2.38. The second kappa shape index (κ2) is 5.92. The molecule has 0 radical (unpaired) electrons. The van der Waals surface area contributed by atoms with E-state index in [4.69, 9.17) is 5.11 Å². The summed E-state index contributed by atoms with van der Waals surface area (Å²) in [4.78, 5) is 10.8. The number of carboxylic acid groups (broad SMARTS) is 1. The largest absolute Gasteiger partial charge is 0.480 e. The van der Waals surface area contributed by atoms with Crippen molar-refractivity contribution < 1.29 is 36.2 Å². The van der Waals surface area contributed by atoms with Crippen LogP contribution in [-0.4, -0.2) is 37.5 Å². The highest BCUT2D eigenvalue weighted by molar-refractivity contribution is 7.91. The predicted molar refractivity (Wildman–Crippen MR) is 67.3 cm³/mol. The molecule has 1 aromatic carbocycles. The SMILES string of the molecule is CCS(=O)(=O)c1ccc(O[C@H](C)C(F)(F)F)c(C(=O)O)c1. The fourth-order valence-electron chi connectivity index (χ4n) is 1.40. The van der Waals surface area contributed by atoms with E-state index in [-0.39, 0.29) is 10.6 Å². The Bertz CT molecular complexity index is 637. The van der Waals surface area contributed by atoms with Crippen molar-refractivity contribution in [2.24, 2.45) is 0 Å². The van der Waals surface area contributed by atoms with Gasteiger partial charge in [-0.1, -0.05) is 6.92 Å². The molecule has 0 aliphatic carbocycles. The standard InChI is InChI=1S/C12H13F3O5S/c1-3-21(18,19)8-4-5-10(9(6-8)11(16)17)20-7(2)12(13,14)15/h4-7H,3H2,1-2H3,(H,16,17)/t7-/m1/s1. The number of benzene rings is 1. The lowest BCUT2D eigenvalue weighted by Gasteiger charge is -2.19. The van der Waals surface area contributed by atoms with Gasteiger partial charge < -0.3 is 9.84 Å². The Balaban J connectivity index is 3.27. The summed E-state index contributed by atoms with van der Waals surface area (Å²) in [6.07, 6.45) is -6.88. The third-order valence-electron chi connectivity index (χ3n) is 2.69. The number of hydrogen-bond acceptors (Lipinski definition) is 4. The lowest BCUT2D eigenvalue weighted by atomic mass is 10.2. The van der Waals surface area contributed by atoms with Crippen molar-refractivity contribution in [3.05, 3.63) is 23.8 Å². The molecule has 1 aromatic rings. The molecule has 1 rings (SSSR count). The Morgan fingerprint density at radius 1 is 1.38 bits per heavy atom. The Morgan fingerprint density at radius 2 is 1.95 bits per heavy atom. The first-order chi connectivity index (χ1) is 9.49. The van der Waals surface area contributed by atoms with E-state index in [0.29, 0.717) is 0 Å². The Morgan fingerprint density at radius 3 is 2.38 bits per heavy atom. The monoisotopic (exact) mass is 326 g/mol. The molecule has 0 aromatic heterocycles. The molecule has 0 saturated carbocycles. The van der Waals surface area contributed by atoms with Crippen LogP contribution in [0.4, 0.5) is 13.2 Å². The zero-order valence-electron chi connectivity index (χ0n) is 11.1. The number of sulfone groups is 1. The van der Waals surface area contributed by atoms with Crippen LogP contribution in [0.3, 0.4) is 0 Å². The zero-order valence-corrected chi connectivity index (χ0v) is 12.0. The summed E-state index contributed by atoms with van der Waals surface area (Å²) in [6.45, 7) is 2.09. The van der Waals surface area contributed by atoms with E-state index < -0.39 is 39.4 Å². The summed E-state index contributed by atoms with van der Waals surface area (Å²) in [5.41, 5.74) is -0.638. The first-order valence-corrected chi connectivity index (χ1v) is 7.47. The van der Waals surface area contributed by atoms with Gasteiger partial charge in [-0.05, 0) is 25.1 Å². The molecule has 21 heavy (non-hydrogen) atoms. The van der Waals surface area contributed by atoms with E-state index in [1.165, 1.54) is 6.92 Å². The summed E-state index contributed by atoms with van der Waals surface area (Å²) in [5, 5.41) is 8.99. The smallest absolute Gasteiger partial charge is 0.425 e. The normalized spacial score (nSPS) is 13.8. The van der Waals surface area contributed by atoms with Gasteiger partial charge in [-0.3, -0.25) is 0 Å². The van der Waals surface area contributed by atoms with Crippen molar-refractivity contribution in [1.82, 2.24) is 0 Å². The number of carbonyl (C=O) groups is 1. The number of hydrogen-bond donors (Lipinski definition) is 1. The van der Waals surface area contributed by atoms with Crippen LogP contribution in [0.5, 0.6) is 5.75 Å². The van der Waals surface area contributed by atoms with E-state index in [0.717, 1.165) is 25.1 Å². The molecule has 0 saturated heterocycles. The van der Waals surface area contributed by atoms with Crippen LogP contribution in [0.15, 0.2) is 23.1 Å². The van der Waals surface area contributed by atoms with Crippen molar-refractivity contribution in [3.63, 3.8) is 0 Å². The third-order valence-corrected chi connectivity index (χ3v) is 4.42. The minimum Gasteiger partial charge on any atom is -0.480 e. The fraction of sp³-hybridized carbons (Fsp3) is 0.417. The molecular formula is C12H13F3O5S. The van der Waals surface area contributed by atoms with Gasteiger partial charge in [0.15, 0.2) is 15.9 Å². The molecule has 0 heterocycles. The van der Waals surface area contributed by atoms with E-state index >= 15 is 0 Å². The van der Waals surface area contributed by atoms with Gasteiger partial charge in [-0.15, -0.1) is 0 Å². The quantitative estimate of drug-likeness (QED) is 0.899. The second-order valence-electron chi connectivity index (χ2n) is 4.17. The molecule has 5 nitrogen and oxygen atoms in total. The van der Waals surface area contributed by atoms with Gasteiger partial charge >= 0.3 is 12.1 Å². The molecule has 0 spiro atoms. The van der Waals surface area contributed by atoms with Gasteiger partial charge in [0.25, 0.3) is 0 Å². The molecule has 0 bridgehead atoms. The van der Waals surface area contributed by atoms with Crippen LogP contribution in [0.1, 0.15) is 24.2 Å². The lowest BCUT2D eigenvalue weighted by molar-refractivity contribution is -0.189. The number of rotatable bonds is 5. The van der Waals surface area contributed by atoms with Crippen LogP contribution in [0.25, 0.3) is 0 Å². The zero-order chi connectivity index (χ0) is 16.4. The molecular weight excluding hydrogens is 313 g/mol. The molecule has 0 amide bonds. The summed E-state index contributed by atoms with van der Waals surface area (Å²) in [6, 6.07) is 2.72. The molecule has 0 aliphatic rings. The van der Waals surface area contributed by atoms with Gasteiger partial charge in [0.1, 0.15) is 11.3 Å². The van der Waals surface area contributed by atoms with Crippen LogP contribution in [0, 0.1) is 0 Å². The Labute approximate surface area is 119 Å². The minimum atomic E-state index is -4.66. The lowest BCUT2D eigenvalue weighted by Crippen LogP contribution is -2.31. The highest BCUT2D eigenvalue weighted by Crippen LogP contribution is 2.29. The summed E-state index contributed by atoms with van der Waals surface area (Å²) < 4.78 is 65.1. The van der Waals surface area contributed by atoms with E-state index in [1.54, 1.807) is 0 Å². The van der Waals surface area contributed by atoms with Gasteiger partial charge in [0.2, 0.25) is 0 Å². The Hall–Kier alpha value is -1.77. The maximum atomic E-state index is 12.4. The van der Waals surface area contributed by atoms with E-state index in [1.807, 2.05) is 0 Å². The fourth-order valence-corrected chi connectivity index (χ4v) is 2.30. The van der Waals surface area contributed by atoms with Crippen molar-refractivity contribution in [1.29, 1.82) is 0 Å². The van der Waals surface area contributed by atoms with Crippen molar-refractivity contribution in [2.75, 3.05) is 5.75 Å². The predicted octanol–water partition coefficient (Wildman–Crippen LogP) is 2.51. The number of halogens is 3. The highest BCUT2D eigenvalue weighted by atomic mass is 32.2. The van der Waals surface area contributed by atoms with Gasteiger partial charge in [0, 0.05) is 0 Å². The summed E-state index contributed by atoms with van der Waals surface area (Å²) >= 11 is 0. The number of alkyl halides is 3. The minimum absolute atomic E-state index is 0.259. The number of ether oxygens (including phenoxy) is 1.